The molecule has 1 saturated heterocycles. The molecule has 7 atom stereocenters. The van der Waals surface area contributed by atoms with E-state index in [1.807, 2.05) is 0 Å². The van der Waals surface area contributed by atoms with E-state index in [0.717, 1.165) is 44.9 Å². The van der Waals surface area contributed by atoms with Crippen LogP contribution in [-0.2, 0) is 9.59 Å². The monoisotopic (exact) mass is 377 g/mol. The number of carboxylic acid groups (broad SMARTS) is 1. The van der Waals surface area contributed by atoms with Crippen LogP contribution >= 0.6 is 0 Å². The van der Waals surface area contributed by atoms with Gasteiger partial charge in [-0.1, -0.05) is 13.8 Å². The zero-order valence-corrected chi connectivity index (χ0v) is 16.8. The highest BCUT2D eigenvalue weighted by Gasteiger charge is 2.62. The standard InChI is InChI=1S/C22H35NO4/c1-21-10-8-16-14(15(21)5-6-17(21)20(26)27)4-7-18-22(16,2)11-9-19(25)23(18)12-3-13-24/h14-18,24H,3-13H2,1-2H3,(H,26,27)/t14-,15-,16+,17?,18?,21-,22+/m0/s1. The first kappa shape index (κ1) is 19.2. The van der Waals surface area contributed by atoms with Gasteiger partial charge in [-0.3, -0.25) is 9.59 Å². The summed E-state index contributed by atoms with van der Waals surface area (Å²) in [6.07, 6.45) is 8.44. The molecule has 152 valence electrons. The number of rotatable bonds is 4. The molecule has 0 spiro atoms. The summed E-state index contributed by atoms with van der Waals surface area (Å²) in [5, 5.41) is 19.0. The molecule has 0 aromatic carbocycles. The Bertz CT molecular complexity index is 621. The molecule has 5 heteroatoms. The van der Waals surface area contributed by atoms with E-state index < -0.39 is 5.97 Å². The lowest BCUT2D eigenvalue weighted by molar-refractivity contribution is -0.165. The summed E-state index contributed by atoms with van der Waals surface area (Å²) in [5.74, 6) is 1.23. The SMILES string of the molecule is C[C@]12CCC(=O)N(CCCO)C1CC[C@@H]1[C@H]2CC[C@]2(C)C(C(=O)O)CC[C@@H]12. The number of aliphatic hydroxyl groups is 1. The molecule has 5 nitrogen and oxygen atoms in total. The number of hydrogen-bond donors (Lipinski definition) is 2. The Labute approximate surface area is 162 Å². The maximum absolute atomic E-state index is 12.6. The first-order valence-electron chi connectivity index (χ1n) is 11.0. The number of carboxylic acids is 1. The third-order valence-corrected chi connectivity index (χ3v) is 9.25. The lowest BCUT2D eigenvalue weighted by atomic mass is 9.47. The quantitative estimate of drug-likeness (QED) is 0.788. The molecule has 4 aliphatic rings. The van der Waals surface area contributed by atoms with Gasteiger partial charge in [0.15, 0.2) is 0 Å². The predicted molar refractivity (Wildman–Crippen MR) is 102 cm³/mol. The van der Waals surface area contributed by atoms with E-state index in [1.165, 1.54) is 0 Å². The van der Waals surface area contributed by atoms with Crippen molar-refractivity contribution in [1.82, 2.24) is 4.90 Å². The van der Waals surface area contributed by atoms with E-state index in [4.69, 9.17) is 0 Å². The van der Waals surface area contributed by atoms with Crippen molar-refractivity contribution >= 4 is 11.9 Å². The molecule has 0 aromatic rings. The molecule has 1 amide bonds. The predicted octanol–water partition coefficient (Wildman–Crippen LogP) is 3.30. The van der Waals surface area contributed by atoms with E-state index in [1.54, 1.807) is 0 Å². The summed E-state index contributed by atoms with van der Waals surface area (Å²) in [4.78, 5) is 26.5. The molecular formula is C22H35NO4. The summed E-state index contributed by atoms with van der Waals surface area (Å²) >= 11 is 0. The van der Waals surface area contributed by atoms with E-state index >= 15 is 0 Å². The molecule has 27 heavy (non-hydrogen) atoms. The molecule has 3 saturated carbocycles. The van der Waals surface area contributed by atoms with Gasteiger partial charge in [0.25, 0.3) is 0 Å². The van der Waals surface area contributed by atoms with Gasteiger partial charge in [-0.2, -0.15) is 0 Å². The largest absolute Gasteiger partial charge is 0.481 e. The van der Waals surface area contributed by atoms with E-state index in [2.05, 4.69) is 18.7 Å². The number of carbonyl (C=O) groups excluding carboxylic acids is 1. The van der Waals surface area contributed by atoms with Crippen molar-refractivity contribution in [3.8, 4) is 0 Å². The van der Waals surface area contributed by atoms with E-state index in [9.17, 15) is 19.8 Å². The third-order valence-electron chi connectivity index (χ3n) is 9.25. The Kier molecular flexibility index (Phi) is 4.81. The average molecular weight is 378 g/mol. The van der Waals surface area contributed by atoms with Crippen LogP contribution in [0, 0.1) is 34.5 Å². The molecule has 4 fully saturated rings. The van der Waals surface area contributed by atoms with Gasteiger partial charge in [0.1, 0.15) is 0 Å². The lowest BCUT2D eigenvalue weighted by Crippen LogP contribution is -2.62. The minimum Gasteiger partial charge on any atom is -0.481 e. The minimum atomic E-state index is -0.600. The molecule has 0 bridgehead atoms. The van der Waals surface area contributed by atoms with Gasteiger partial charge in [-0.15, -0.1) is 0 Å². The average Bonchev–Trinajstić information content (AvgIpc) is 2.99. The van der Waals surface area contributed by atoms with Crippen LogP contribution in [-0.4, -0.2) is 46.2 Å². The van der Waals surface area contributed by atoms with Crippen molar-refractivity contribution in [3.05, 3.63) is 0 Å². The zero-order chi connectivity index (χ0) is 19.4. The summed E-state index contributed by atoms with van der Waals surface area (Å²) in [6.45, 7) is 5.46. The molecular weight excluding hydrogens is 342 g/mol. The number of piperidine rings is 1. The number of hydrogen-bond acceptors (Lipinski definition) is 3. The van der Waals surface area contributed by atoms with Crippen molar-refractivity contribution in [2.75, 3.05) is 13.2 Å². The number of aliphatic hydroxyl groups excluding tert-OH is 1. The number of fused-ring (bicyclic) bond motifs is 5. The van der Waals surface area contributed by atoms with Gasteiger partial charge in [0, 0.05) is 25.6 Å². The molecule has 3 aliphatic carbocycles. The fraction of sp³-hybridized carbons (Fsp3) is 0.909. The van der Waals surface area contributed by atoms with Crippen LogP contribution in [0.15, 0.2) is 0 Å². The molecule has 4 rings (SSSR count). The van der Waals surface area contributed by atoms with Gasteiger partial charge < -0.3 is 15.1 Å². The van der Waals surface area contributed by atoms with Gasteiger partial charge >= 0.3 is 5.97 Å². The smallest absolute Gasteiger partial charge is 0.307 e. The third kappa shape index (κ3) is 2.75. The van der Waals surface area contributed by atoms with Crippen LogP contribution in [0.2, 0.25) is 0 Å². The number of amides is 1. The number of aliphatic carboxylic acids is 1. The second kappa shape index (κ2) is 6.75. The van der Waals surface area contributed by atoms with Crippen molar-refractivity contribution in [2.45, 2.75) is 77.7 Å². The Morgan fingerprint density at radius 3 is 2.52 bits per heavy atom. The fourth-order valence-electron chi connectivity index (χ4n) is 7.92. The molecule has 1 heterocycles. The summed E-state index contributed by atoms with van der Waals surface area (Å²) < 4.78 is 0. The van der Waals surface area contributed by atoms with Crippen molar-refractivity contribution in [1.29, 1.82) is 0 Å². The van der Waals surface area contributed by atoms with Crippen molar-refractivity contribution in [3.63, 3.8) is 0 Å². The van der Waals surface area contributed by atoms with Crippen molar-refractivity contribution < 1.29 is 19.8 Å². The molecule has 0 radical (unpaired) electrons. The zero-order valence-electron chi connectivity index (χ0n) is 16.8. The second-order valence-electron chi connectivity index (χ2n) is 10.2. The Morgan fingerprint density at radius 1 is 1.07 bits per heavy atom. The highest BCUT2D eigenvalue weighted by molar-refractivity contribution is 5.77. The van der Waals surface area contributed by atoms with Crippen LogP contribution in [0.1, 0.15) is 71.6 Å². The van der Waals surface area contributed by atoms with Gasteiger partial charge in [0.05, 0.1) is 5.92 Å². The second-order valence-corrected chi connectivity index (χ2v) is 10.2. The first-order chi connectivity index (χ1) is 12.8. The van der Waals surface area contributed by atoms with Crippen molar-refractivity contribution in [2.24, 2.45) is 34.5 Å². The highest BCUT2D eigenvalue weighted by atomic mass is 16.4. The number of likely N-dealkylation sites (tertiary alicyclic amines) is 1. The maximum atomic E-state index is 12.6. The summed E-state index contributed by atoms with van der Waals surface area (Å²) in [5.41, 5.74) is 0.103. The normalized spacial score (nSPS) is 46.6. The van der Waals surface area contributed by atoms with Crippen LogP contribution in [0.25, 0.3) is 0 Å². The topological polar surface area (TPSA) is 77.8 Å². The van der Waals surface area contributed by atoms with Gasteiger partial charge in [0.2, 0.25) is 5.91 Å². The van der Waals surface area contributed by atoms with Crippen LogP contribution < -0.4 is 0 Å². The Morgan fingerprint density at radius 2 is 1.81 bits per heavy atom. The van der Waals surface area contributed by atoms with Gasteiger partial charge in [-0.25, -0.2) is 0 Å². The Hall–Kier alpha value is -1.10. The number of carbonyl (C=O) groups is 2. The summed E-state index contributed by atoms with van der Waals surface area (Å²) in [6, 6.07) is 0.299. The first-order valence-corrected chi connectivity index (χ1v) is 11.0. The van der Waals surface area contributed by atoms with Crippen LogP contribution in [0.4, 0.5) is 0 Å². The summed E-state index contributed by atoms with van der Waals surface area (Å²) in [7, 11) is 0. The minimum absolute atomic E-state index is 0.0444. The van der Waals surface area contributed by atoms with E-state index in [0.29, 0.717) is 43.2 Å². The fourth-order valence-corrected chi connectivity index (χ4v) is 7.92. The maximum Gasteiger partial charge on any atom is 0.307 e. The Balaban J connectivity index is 1.60. The van der Waals surface area contributed by atoms with E-state index in [-0.39, 0.29) is 29.3 Å². The molecule has 0 aromatic heterocycles. The molecule has 2 N–H and O–H groups in total. The van der Waals surface area contributed by atoms with Gasteiger partial charge in [-0.05, 0) is 80.0 Å². The highest BCUT2D eigenvalue weighted by Crippen LogP contribution is 2.66. The van der Waals surface area contributed by atoms with Crippen LogP contribution in [0.3, 0.4) is 0 Å². The number of nitrogens with zero attached hydrogens (tertiary/aromatic N) is 1. The molecule has 1 aliphatic heterocycles. The van der Waals surface area contributed by atoms with Crippen LogP contribution in [0.5, 0.6) is 0 Å². The molecule has 2 unspecified atom stereocenters. The lowest BCUT2D eigenvalue weighted by Gasteiger charge is -2.62.